The maximum absolute atomic E-state index is 14.4. The number of amides is 6. The standard InChI is InChI=1S/C91H150N16O36S2/c1-64(108)94-75-78(114)81(117)89(61-138-84(75)141-89)58-129-43-40-126-37-34-123-31-28-120-25-21-105-47-67(99-102-105)50-132-55-88(56-133-51-68-48-106(103-100-68)22-26-121-29-32-124-35-38-127-41-44-130-59-90-62-139-85(142-90)76(95-65(2)109)79(115)82(90)118,57-134-52-69-49-107(104-101-69)23-27-122-30-33-125-36-39-128-42-45-131-60-91-63-140-86(143-91)77(96-66(3)110)80(116)83(91)119)98-73(113)17-7-4-11-19-92-71(111)15-8-5-13-24-135-87-136-53-70(54-137-87)97-72(112)16-9-6-14-46-144-145-74-18-10-12-20-93-74/h10,12,18,20,47-49,70,75-87,99,102,114-119H,4-9,11,13-17,19,21-46,50-63H2,1-3H3,(H,92,111)(H,94,108)(H,95,109)(H,96,110)(H,97,112)(H,98,113)/t70?,75-,76-,77-,78-,79-,80-,81-,82-,83-,84-,85+,86+,87?,89+,90+,91+/m1/s1. The van der Waals surface area contributed by atoms with Gasteiger partial charge in [0.15, 0.2) is 18.9 Å². The minimum absolute atomic E-state index is 0.0194. The van der Waals surface area contributed by atoms with Crippen LogP contribution in [0.15, 0.2) is 53.7 Å². The molecule has 145 heavy (non-hydrogen) atoms. The average molecular weight is 2110 g/mol. The van der Waals surface area contributed by atoms with Crippen LogP contribution < -0.4 is 42.9 Å². The van der Waals surface area contributed by atoms with Crippen molar-refractivity contribution in [1.82, 2.24) is 82.8 Å². The highest BCUT2D eigenvalue weighted by molar-refractivity contribution is 8.76. The molecule has 0 spiro atoms. The highest BCUT2D eigenvalue weighted by atomic mass is 33.1. The largest absolute Gasteiger partial charge is 0.388 e. The lowest BCUT2D eigenvalue weighted by atomic mass is 9.88. The zero-order valence-electron chi connectivity index (χ0n) is 82.9. The van der Waals surface area contributed by atoms with Crippen LogP contribution in [0.4, 0.5) is 0 Å². The van der Waals surface area contributed by atoms with Crippen molar-refractivity contribution < 1.29 is 173 Å². The van der Waals surface area contributed by atoms with E-state index in [-0.39, 0.29) is 195 Å². The Labute approximate surface area is 850 Å². The number of rotatable bonds is 80. The van der Waals surface area contributed by atoms with Crippen molar-refractivity contribution in [2.75, 3.05) is 243 Å². The van der Waals surface area contributed by atoms with Gasteiger partial charge in [0, 0.05) is 64.7 Å². The number of nitrogens with zero attached hydrogens (tertiary/aromatic N) is 8. The SMILES string of the molecule is CC(=O)N[C@H]1[C@@H]2OC[C@](COCCOCCOCCOCCN3C=C(COCC(COCc4cn(CCOCCOCCOCCOC[C@@]56CO[C@@H](O5)[C@H](NC(C)=O)[C@@H](O)[C@H]6O)nn4)(COCc4cn(CCOCCOCCOCCOC[C@@]56CO[C@@H](O5)[C@H](NC(C)=O)[C@@H](O)[C@H]6O)nn4)NC(=O)CCCCCNC(=O)CCCCCOC4OCC(NC(=O)CCCCCSSc5ccccn5)CO4)NN3)(O2)[C@H](O)[C@@H]1O. The lowest BCUT2D eigenvalue weighted by Crippen LogP contribution is -2.66. The van der Waals surface area contributed by atoms with Crippen LogP contribution in [0.5, 0.6) is 0 Å². The van der Waals surface area contributed by atoms with E-state index in [1.54, 1.807) is 54.6 Å². The monoisotopic (exact) mass is 2110 g/mol. The molecule has 7 saturated heterocycles. The van der Waals surface area contributed by atoms with Crippen LogP contribution in [-0.2, 0) is 169 Å². The van der Waals surface area contributed by atoms with Gasteiger partial charge in [-0.1, -0.05) is 46.5 Å². The Morgan fingerprint density at radius 2 is 0.869 bits per heavy atom. The second kappa shape index (κ2) is 65.3. The van der Waals surface area contributed by atoms with Crippen LogP contribution in [0.2, 0.25) is 0 Å². The van der Waals surface area contributed by atoms with Gasteiger partial charge in [-0.05, 0) is 61.5 Å². The molecule has 6 amide bonds. The number of aromatic nitrogens is 7. The molecule has 15 atom stereocenters. The number of nitrogens with one attached hydrogen (secondary N) is 8. The summed E-state index contributed by atoms with van der Waals surface area (Å²) in [5, 5.41) is 101. The molecule has 11 heterocycles. The van der Waals surface area contributed by atoms with E-state index in [2.05, 4.69) is 68.5 Å². The highest BCUT2D eigenvalue weighted by Gasteiger charge is 2.62. The minimum Gasteiger partial charge on any atom is -0.388 e. The molecule has 0 aliphatic carbocycles. The predicted octanol–water partition coefficient (Wildman–Crippen LogP) is -3.64. The van der Waals surface area contributed by atoms with E-state index >= 15 is 0 Å². The van der Waals surface area contributed by atoms with E-state index in [1.165, 1.54) is 20.8 Å². The average Bonchev–Trinajstić information content (AvgIpc) is 1.61. The van der Waals surface area contributed by atoms with Crippen molar-refractivity contribution in [3.05, 3.63) is 60.1 Å². The molecule has 54 heteroatoms. The van der Waals surface area contributed by atoms with Crippen molar-refractivity contribution in [1.29, 1.82) is 0 Å². The first-order chi connectivity index (χ1) is 70.5. The molecular weight excluding hydrogens is 1960 g/mol. The van der Waals surface area contributed by atoms with Crippen molar-refractivity contribution in [2.24, 2.45) is 0 Å². The van der Waals surface area contributed by atoms with E-state index < -0.39 is 120 Å². The van der Waals surface area contributed by atoms with Gasteiger partial charge in [-0.25, -0.2) is 14.3 Å². The minimum atomic E-state index is -1.35. The van der Waals surface area contributed by atoms with E-state index in [9.17, 15) is 59.4 Å². The van der Waals surface area contributed by atoms with Gasteiger partial charge in [0.1, 0.15) is 93.5 Å². The number of aliphatic hydroxyl groups excluding tert-OH is 6. The first-order valence-corrected chi connectivity index (χ1v) is 52.0. The summed E-state index contributed by atoms with van der Waals surface area (Å²) in [4.78, 5) is 79.2. The Hall–Kier alpha value is -6.95. The van der Waals surface area contributed by atoms with Gasteiger partial charge in [0.25, 0.3) is 6.48 Å². The molecule has 52 nitrogen and oxygen atoms in total. The van der Waals surface area contributed by atoms with Crippen molar-refractivity contribution >= 4 is 57.0 Å². The fraction of sp³-hybridized carbons (Fsp3) is 0.813. The molecule has 0 radical (unpaired) electrons. The summed E-state index contributed by atoms with van der Waals surface area (Å²) in [6.45, 7) is 10.7. The van der Waals surface area contributed by atoms with E-state index in [0.29, 0.717) is 161 Å². The zero-order chi connectivity index (χ0) is 103. The summed E-state index contributed by atoms with van der Waals surface area (Å²) in [6, 6.07) is 2.85. The van der Waals surface area contributed by atoms with Crippen LogP contribution in [-0.4, -0.2) is 458 Å². The molecule has 8 aliphatic rings. The van der Waals surface area contributed by atoms with Gasteiger partial charge in [0.05, 0.1) is 282 Å². The number of carbonyl (C=O) groups is 6. The van der Waals surface area contributed by atoms with Crippen LogP contribution >= 0.6 is 21.6 Å². The summed E-state index contributed by atoms with van der Waals surface area (Å²) in [5.74, 6) is -0.613. The summed E-state index contributed by atoms with van der Waals surface area (Å²) >= 11 is 0. The molecule has 3 aromatic heterocycles. The number of unbranched alkanes of at least 4 members (excludes halogenated alkanes) is 6. The number of carbonyl (C=O) groups excluding carboxylic acids is 6. The third-order valence-corrected chi connectivity index (χ3v) is 26.3. The number of pyridine rings is 1. The number of fused-ring (bicyclic) bond motifs is 6. The van der Waals surface area contributed by atoms with E-state index in [1.807, 2.05) is 24.4 Å². The van der Waals surface area contributed by atoms with Crippen LogP contribution in [0.1, 0.15) is 109 Å². The van der Waals surface area contributed by atoms with Gasteiger partial charge in [-0.15, -0.1) is 15.7 Å². The molecule has 0 aromatic carbocycles. The maximum atomic E-state index is 14.4. The highest BCUT2D eigenvalue weighted by Crippen LogP contribution is 2.41. The van der Waals surface area contributed by atoms with Crippen molar-refractivity contribution in [3.63, 3.8) is 0 Å². The van der Waals surface area contributed by atoms with Crippen LogP contribution in [0.3, 0.4) is 0 Å². The van der Waals surface area contributed by atoms with E-state index in [4.69, 9.17) is 114 Å². The summed E-state index contributed by atoms with van der Waals surface area (Å²) in [5.41, 5.74) is 2.72. The lowest BCUT2D eigenvalue weighted by molar-refractivity contribution is -0.315. The molecule has 0 saturated carbocycles. The molecular formula is C91H150N16O36S2. The molecule has 8 aliphatic heterocycles. The van der Waals surface area contributed by atoms with Crippen LogP contribution in [0, 0.1) is 0 Å². The van der Waals surface area contributed by atoms with Gasteiger partial charge >= 0.3 is 0 Å². The molecule has 7 fully saturated rings. The molecule has 822 valence electrons. The Morgan fingerprint density at radius 1 is 0.455 bits per heavy atom. The van der Waals surface area contributed by atoms with Gasteiger partial charge in [0.2, 0.25) is 35.4 Å². The number of hydrogen-bond donors (Lipinski definition) is 14. The second-order valence-corrected chi connectivity index (χ2v) is 38.5. The fourth-order valence-corrected chi connectivity index (χ4v) is 18.4. The smallest absolute Gasteiger partial charge is 0.271 e. The van der Waals surface area contributed by atoms with Gasteiger partial charge < -0.3 is 182 Å². The predicted molar refractivity (Wildman–Crippen MR) is 506 cm³/mol. The molecule has 0 unspecified atom stereocenters. The number of hydrazine groups is 2. The first kappa shape index (κ1) is 118. The Bertz CT molecular complexity index is 4090. The maximum Gasteiger partial charge on any atom is 0.271 e. The number of aliphatic hydroxyl groups is 6. The van der Waals surface area contributed by atoms with Gasteiger partial charge in [-0.3, -0.25) is 33.8 Å². The molecule has 6 bridgehead atoms. The molecule has 11 rings (SSSR count). The third kappa shape index (κ3) is 41.3. The van der Waals surface area contributed by atoms with E-state index in [0.717, 1.165) is 36.5 Å². The second-order valence-electron chi connectivity index (χ2n) is 36.0. The third-order valence-electron chi connectivity index (χ3n) is 24.0. The number of hydrogen-bond acceptors (Lipinski definition) is 46. The quantitative estimate of drug-likeness (QED) is 0.0191. The Balaban J connectivity index is 0.599. The zero-order valence-corrected chi connectivity index (χ0v) is 84.6. The Morgan fingerprint density at radius 3 is 1.32 bits per heavy atom. The number of ether oxygens (including phenoxy) is 24. The Kier molecular flexibility index (Phi) is 53.3. The van der Waals surface area contributed by atoms with Crippen molar-refractivity contribution in [2.45, 2.75) is 238 Å². The summed E-state index contributed by atoms with van der Waals surface area (Å²) < 4.78 is 143. The lowest BCUT2D eigenvalue weighted by Gasteiger charge is -2.42. The van der Waals surface area contributed by atoms with Crippen molar-refractivity contribution in [3.8, 4) is 0 Å². The normalized spacial score (nSPS) is 25.8. The summed E-state index contributed by atoms with van der Waals surface area (Å²) in [7, 11) is 3.42. The first-order valence-electron chi connectivity index (χ1n) is 49.6. The summed E-state index contributed by atoms with van der Waals surface area (Å²) in [6.07, 6.45) is 3.83. The topological polar surface area (TPSA) is 619 Å². The molecule has 3 aromatic rings. The molecule has 14 N–H and O–H groups in total. The van der Waals surface area contributed by atoms with Gasteiger partial charge in [-0.2, -0.15) is 0 Å². The fourth-order valence-electron chi connectivity index (χ4n) is 16.4. The van der Waals surface area contributed by atoms with Crippen LogP contribution in [0.25, 0.3) is 0 Å².